The summed E-state index contributed by atoms with van der Waals surface area (Å²) in [6.45, 7) is -1.30. The fourth-order valence-corrected chi connectivity index (χ4v) is 3.73. The lowest BCUT2D eigenvalue weighted by atomic mass is 9.97. The van der Waals surface area contributed by atoms with Crippen molar-refractivity contribution in [2.75, 3.05) is 20.3 Å². The van der Waals surface area contributed by atoms with Gasteiger partial charge in [-0.3, -0.25) is 0 Å². The van der Waals surface area contributed by atoms with E-state index in [0.29, 0.717) is 5.56 Å². The van der Waals surface area contributed by atoms with Crippen molar-refractivity contribution in [1.29, 1.82) is 0 Å². The lowest BCUT2D eigenvalue weighted by Gasteiger charge is -2.45. The predicted octanol–water partition coefficient (Wildman–Crippen LogP) is -3.42. The van der Waals surface area contributed by atoms with Crippen molar-refractivity contribution in [2.45, 2.75) is 61.4 Å². The first-order chi connectivity index (χ1) is 17.1. The van der Waals surface area contributed by atoms with E-state index in [1.54, 1.807) is 0 Å². The summed E-state index contributed by atoms with van der Waals surface area (Å²) in [5.74, 6) is -0.729. The minimum absolute atomic E-state index is 0.0820. The molecule has 202 valence electrons. The molecule has 0 radical (unpaired) electrons. The minimum atomic E-state index is -1.83. The molecule has 2 heterocycles. The second-order valence-electron chi connectivity index (χ2n) is 8.24. The molecule has 0 unspecified atom stereocenters. The number of hydrogen-bond donors (Lipinski definition) is 8. The summed E-state index contributed by atoms with van der Waals surface area (Å²) < 4.78 is 25.9. The highest BCUT2D eigenvalue weighted by atomic mass is 16.7. The Morgan fingerprint density at radius 3 is 2.36 bits per heavy atom. The first-order valence-electron chi connectivity index (χ1n) is 10.9. The molecule has 0 saturated carbocycles. The highest BCUT2D eigenvalue weighted by Gasteiger charge is 2.50. The van der Waals surface area contributed by atoms with E-state index >= 15 is 0 Å². The molecule has 2 aliphatic heterocycles. The van der Waals surface area contributed by atoms with Crippen molar-refractivity contribution in [3.63, 3.8) is 0 Å². The highest BCUT2D eigenvalue weighted by Crippen LogP contribution is 2.29. The van der Waals surface area contributed by atoms with Crippen LogP contribution in [0.1, 0.15) is 5.56 Å². The van der Waals surface area contributed by atoms with E-state index in [1.165, 1.54) is 31.4 Å². The van der Waals surface area contributed by atoms with Gasteiger partial charge < -0.3 is 64.5 Å². The summed E-state index contributed by atoms with van der Waals surface area (Å²) in [7, 11) is 1.37. The Morgan fingerprint density at radius 1 is 0.972 bits per heavy atom. The van der Waals surface area contributed by atoms with Crippen LogP contribution in [0, 0.1) is 0 Å². The summed E-state index contributed by atoms with van der Waals surface area (Å²) in [6, 6.07) is 4.37. The summed E-state index contributed by atoms with van der Waals surface area (Å²) in [5, 5.41) is 79.4. The SMILES string of the molecule is COc1cc(C=CC(=O)OC[C@H]2O[C@@H](O[C@@H]3[C@H](O)[C@@H](O)[C@@H](O)O[C@@H]3CO)[C@H](O)[C@@H](O)[C@H]2O)ccc1O. The molecule has 0 amide bonds. The van der Waals surface area contributed by atoms with Crippen molar-refractivity contribution >= 4 is 12.0 Å². The molecule has 1 aromatic rings. The third kappa shape index (κ3) is 6.30. The van der Waals surface area contributed by atoms with Gasteiger partial charge in [0.2, 0.25) is 0 Å². The zero-order chi connectivity index (χ0) is 26.6. The predicted molar refractivity (Wildman–Crippen MR) is 116 cm³/mol. The summed E-state index contributed by atoms with van der Waals surface area (Å²) in [5.41, 5.74) is 0.515. The summed E-state index contributed by atoms with van der Waals surface area (Å²) in [4.78, 5) is 12.1. The van der Waals surface area contributed by atoms with Crippen molar-refractivity contribution in [2.24, 2.45) is 0 Å². The van der Waals surface area contributed by atoms with Crippen LogP contribution in [0.3, 0.4) is 0 Å². The van der Waals surface area contributed by atoms with Gasteiger partial charge in [0.25, 0.3) is 0 Å². The normalized spacial score (nSPS) is 37.1. The van der Waals surface area contributed by atoms with Gasteiger partial charge in [0.15, 0.2) is 24.1 Å². The molecule has 14 heteroatoms. The molecule has 1 aromatic carbocycles. The van der Waals surface area contributed by atoms with Crippen LogP contribution in [-0.4, -0.2) is 129 Å². The zero-order valence-corrected chi connectivity index (χ0v) is 19.1. The number of ether oxygens (including phenoxy) is 5. The fraction of sp³-hybridized carbons (Fsp3) is 0.591. The monoisotopic (exact) mass is 518 g/mol. The molecular formula is C22H30O14. The molecule has 14 nitrogen and oxygen atoms in total. The number of aliphatic hydroxyl groups is 7. The number of phenols is 1. The van der Waals surface area contributed by atoms with Crippen LogP contribution in [0.5, 0.6) is 11.5 Å². The van der Waals surface area contributed by atoms with Crippen LogP contribution in [0.2, 0.25) is 0 Å². The number of phenolic OH excluding ortho intramolecular Hbond substituents is 1. The van der Waals surface area contributed by atoms with E-state index < -0.39 is 80.6 Å². The van der Waals surface area contributed by atoms with Gasteiger partial charge in [0.1, 0.15) is 55.4 Å². The van der Waals surface area contributed by atoms with Gasteiger partial charge in [0.05, 0.1) is 13.7 Å². The van der Waals surface area contributed by atoms with E-state index in [9.17, 15) is 45.6 Å². The van der Waals surface area contributed by atoms with Gasteiger partial charge in [-0.25, -0.2) is 4.79 Å². The Morgan fingerprint density at radius 2 is 1.69 bits per heavy atom. The van der Waals surface area contributed by atoms with Crippen molar-refractivity contribution < 1.29 is 69.3 Å². The number of esters is 1. The molecule has 0 bridgehead atoms. The van der Waals surface area contributed by atoms with Crippen LogP contribution in [0.4, 0.5) is 0 Å². The van der Waals surface area contributed by atoms with E-state index in [0.717, 1.165) is 6.08 Å². The van der Waals surface area contributed by atoms with Gasteiger partial charge >= 0.3 is 5.97 Å². The first-order valence-corrected chi connectivity index (χ1v) is 10.9. The van der Waals surface area contributed by atoms with Gasteiger partial charge in [-0.05, 0) is 23.8 Å². The number of aliphatic hydroxyl groups excluding tert-OH is 7. The van der Waals surface area contributed by atoms with E-state index in [1.807, 2.05) is 0 Å². The summed E-state index contributed by atoms with van der Waals surface area (Å²) in [6.07, 6.45) is -14.1. The smallest absolute Gasteiger partial charge is 0.330 e. The molecule has 3 rings (SSSR count). The number of aromatic hydroxyl groups is 1. The molecule has 8 N–H and O–H groups in total. The topological polar surface area (TPSA) is 225 Å². The van der Waals surface area contributed by atoms with Crippen molar-refractivity contribution in [1.82, 2.24) is 0 Å². The van der Waals surface area contributed by atoms with Crippen LogP contribution in [0.25, 0.3) is 6.08 Å². The Labute approximate surface area is 205 Å². The molecule has 0 aromatic heterocycles. The van der Waals surface area contributed by atoms with Crippen LogP contribution in [-0.2, 0) is 23.7 Å². The molecule has 10 atom stereocenters. The molecule has 2 fully saturated rings. The van der Waals surface area contributed by atoms with Gasteiger partial charge in [-0.1, -0.05) is 6.07 Å². The van der Waals surface area contributed by atoms with E-state index in [4.69, 9.17) is 23.7 Å². The molecule has 2 saturated heterocycles. The maximum Gasteiger partial charge on any atom is 0.330 e. The maximum absolute atomic E-state index is 12.1. The largest absolute Gasteiger partial charge is 0.504 e. The molecular weight excluding hydrogens is 488 g/mol. The quantitative estimate of drug-likeness (QED) is 0.124. The number of benzene rings is 1. The third-order valence-electron chi connectivity index (χ3n) is 5.80. The fourth-order valence-electron chi connectivity index (χ4n) is 3.73. The lowest BCUT2D eigenvalue weighted by molar-refractivity contribution is -0.355. The Bertz CT molecular complexity index is 907. The lowest BCUT2D eigenvalue weighted by Crippen LogP contribution is -2.64. The maximum atomic E-state index is 12.1. The molecule has 0 spiro atoms. The molecule has 0 aliphatic carbocycles. The Kier molecular flexibility index (Phi) is 9.59. The Balaban J connectivity index is 1.62. The average Bonchev–Trinajstić information content (AvgIpc) is 2.87. The number of carbonyl (C=O) groups is 1. The van der Waals surface area contributed by atoms with Crippen LogP contribution >= 0.6 is 0 Å². The average molecular weight is 518 g/mol. The molecule has 2 aliphatic rings. The van der Waals surface area contributed by atoms with Crippen molar-refractivity contribution in [3.8, 4) is 11.5 Å². The first kappa shape index (κ1) is 28.2. The standard InChI is InChI=1S/C22H30O14/c1-32-11-6-9(2-4-10(11)24)3-5-14(25)33-8-13-15(26)16(27)19(30)22(35-13)36-20-12(7-23)34-21(31)18(29)17(20)28/h2-6,12-13,15-24,26-31H,7-8H2,1H3/t12-,13-,15+,16+,17-,18-,19-,20+,21+,22+/m1/s1. The summed E-state index contributed by atoms with van der Waals surface area (Å²) >= 11 is 0. The zero-order valence-electron chi connectivity index (χ0n) is 19.1. The number of carbonyl (C=O) groups excluding carboxylic acids is 1. The van der Waals surface area contributed by atoms with E-state index in [2.05, 4.69) is 0 Å². The highest BCUT2D eigenvalue weighted by molar-refractivity contribution is 5.87. The van der Waals surface area contributed by atoms with E-state index in [-0.39, 0.29) is 11.5 Å². The van der Waals surface area contributed by atoms with Gasteiger partial charge in [-0.2, -0.15) is 0 Å². The second kappa shape index (κ2) is 12.2. The van der Waals surface area contributed by atoms with Crippen molar-refractivity contribution in [3.05, 3.63) is 29.8 Å². The minimum Gasteiger partial charge on any atom is -0.504 e. The van der Waals surface area contributed by atoms with Crippen LogP contribution in [0.15, 0.2) is 24.3 Å². The second-order valence-corrected chi connectivity index (χ2v) is 8.24. The third-order valence-corrected chi connectivity index (χ3v) is 5.80. The van der Waals surface area contributed by atoms with Gasteiger partial charge in [-0.15, -0.1) is 0 Å². The number of rotatable bonds is 8. The van der Waals surface area contributed by atoms with Crippen LogP contribution < -0.4 is 4.74 Å². The number of hydrogen-bond acceptors (Lipinski definition) is 14. The number of methoxy groups -OCH3 is 1. The Hall–Kier alpha value is -2.37. The molecule has 36 heavy (non-hydrogen) atoms. The van der Waals surface area contributed by atoms with Gasteiger partial charge in [0, 0.05) is 6.08 Å².